The molecule has 8 nitrogen and oxygen atoms in total. The Balaban J connectivity index is 0.00000157. The van der Waals surface area contributed by atoms with E-state index >= 15 is 0 Å². The van der Waals surface area contributed by atoms with Gasteiger partial charge in [-0.25, -0.2) is 4.52 Å². The fraction of sp³-hybridized carbons (Fsp3) is 0.312. The summed E-state index contributed by atoms with van der Waals surface area (Å²) in [4.78, 5) is 24.5. The van der Waals surface area contributed by atoms with Gasteiger partial charge in [0.1, 0.15) is 6.61 Å². The Morgan fingerprint density at radius 1 is 1.44 bits per heavy atom. The van der Waals surface area contributed by atoms with Crippen molar-refractivity contribution >= 4 is 23.7 Å². The normalized spacial score (nSPS) is 23.1. The van der Waals surface area contributed by atoms with Gasteiger partial charge in [0.15, 0.2) is 5.76 Å². The molecule has 122 valence electrons. The Hall–Kier alpha value is -1.87. The van der Waals surface area contributed by atoms with Crippen molar-refractivity contribution in [3.05, 3.63) is 40.6 Å². The molecule has 1 unspecified atom stereocenters. The van der Waals surface area contributed by atoms with Gasteiger partial charge >= 0.3 is 29.6 Å². The fourth-order valence-electron chi connectivity index (χ4n) is 3.54. The van der Waals surface area contributed by atoms with Crippen LogP contribution in [-0.4, -0.2) is 39.0 Å². The standard InChI is InChI=1S/C16H13N3O5.Na/c20-15-9(10-1-2-12(16(21)22)18(10)15)5-8-6-14-19(17-8)11-3-4-23-7-13(11)24-14;/h2,5-6,10H,1,3-4,7H2,(H,21,22);/q;+1/p-1/b9-5+;. The summed E-state index contributed by atoms with van der Waals surface area (Å²) in [6.45, 7) is 1.08. The number of carbonyl (C=O) groups excluding carboxylic acids is 2. The van der Waals surface area contributed by atoms with Crippen LogP contribution in [0.5, 0.6) is 0 Å². The zero-order chi connectivity index (χ0) is 16.4. The molecule has 2 aromatic heterocycles. The van der Waals surface area contributed by atoms with E-state index in [1.165, 1.54) is 11.0 Å². The van der Waals surface area contributed by atoms with Crippen LogP contribution in [0.1, 0.15) is 23.6 Å². The van der Waals surface area contributed by atoms with Crippen LogP contribution in [0.2, 0.25) is 0 Å². The second kappa shape index (κ2) is 5.84. The van der Waals surface area contributed by atoms with Crippen molar-refractivity contribution in [2.45, 2.75) is 25.5 Å². The molecule has 0 saturated carbocycles. The summed E-state index contributed by atoms with van der Waals surface area (Å²) < 4.78 is 12.8. The third kappa shape index (κ3) is 2.32. The number of nitrogens with zero attached hydrogens (tertiary/aromatic N) is 3. The van der Waals surface area contributed by atoms with Gasteiger partial charge in [-0.1, -0.05) is 6.08 Å². The molecule has 1 amide bonds. The molecule has 2 aromatic rings. The number of amides is 1. The average molecular weight is 349 g/mol. The first-order chi connectivity index (χ1) is 11.6. The maximum Gasteiger partial charge on any atom is 1.00 e. The van der Waals surface area contributed by atoms with Crippen molar-refractivity contribution in [1.29, 1.82) is 0 Å². The number of aliphatic carboxylic acids is 1. The van der Waals surface area contributed by atoms with Crippen LogP contribution in [0.3, 0.4) is 0 Å². The molecule has 0 aliphatic carbocycles. The number of rotatable bonds is 2. The van der Waals surface area contributed by atoms with Crippen molar-refractivity contribution in [3.63, 3.8) is 0 Å². The van der Waals surface area contributed by atoms with E-state index in [0.29, 0.717) is 36.6 Å². The van der Waals surface area contributed by atoms with E-state index in [-0.39, 0.29) is 47.2 Å². The van der Waals surface area contributed by atoms with Gasteiger partial charge in [-0.3, -0.25) is 9.69 Å². The van der Waals surface area contributed by atoms with Crippen LogP contribution in [0, 0.1) is 0 Å². The monoisotopic (exact) mass is 349 g/mol. The van der Waals surface area contributed by atoms with Crippen molar-refractivity contribution in [1.82, 2.24) is 14.5 Å². The van der Waals surface area contributed by atoms with Crippen LogP contribution < -0.4 is 34.7 Å². The molecule has 0 bridgehead atoms. The van der Waals surface area contributed by atoms with Gasteiger partial charge in [-0.15, -0.1) is 0 Å². The van der Waals surface area contributed by atoms with Gasteiger partial charge < -0.3 is 19.1 Å². The summed E-state index contributed by atoms with van der Waals surface area (Å²) in [5.41, 5.74) is 2.73. The number of oxazole rings is 1. The number of fused-ring (bicyclic) bond motifs is 4. The molecule has 25 heavy (non-hydrogen) atoms. The van der Waals surface area contributed by atoms with Crippen molar-refractivity contribution in [3.8, 4) is 0 Å². The second-order valence-corrected chi connectivity index (χ2v) is 6.00. The van der Waals surface area contributed by atoms with E-state index in [1.54, 1.807) is 16.7 Å². The molecule has 1 fully saturated rings. The maximum absolute atomic E-state index is 12.2. The van der Waals surface area contributed by atoms with Crippen LogP contribution in [0.25, 0.3) is 11.8 Å². The molecular weight excluding hydrogens is 337 g/mol. The molecule has 1 saturated heterocycles. The van der Waals surface area contributed by atoms with E-state index < -0.39 is 5.97 Å². The Kier molecular flexibility index (Phi) is 3.88. The number of carboxylic acid groups (broad SMARTS) is 1. The minimum absolute atomic E-state index is 0. The molecule has 9 heteroatoms. The van der Waals surface area contributed by atoms with Gasteiger partial charge in [-0.2, -0.15) is 5.10 Å². The fourth-order valence-corrected chi connectivity index (χ4v) is 3.54. The summed E-state index contributed by atoms with van der Waals surface area (Å²) in [7, 11) is 0. The smallest absolute Gasteiger partial charge is 0.543 e. The Bertz CT molecular complexity index is 970. The van der Waals surface area contributed by atoms with Gasteiger partial charge in [0.05, 0.1) is 35.7 Å². The predicted octanol–water partition coefficient (Wildman–Crippen LogP) is -3.36. The van der Waals surface area contributed by atoms with Gasteiger partial charge in [0.2, 0.25) is 5.71 Å². The van der Waals surface area contributed by atoms with Gasteiger partial charge in [0.25, 0.3) is 5.91 Å². The molecule has 0 radical (unpaired) electrons. The summed E-state index contributed by atoms with van der Waals surface area (Å²) in [5, 5.41) is 15.5. The quantitative estimate of drug-likeness (QED) is 0.319. The molecular formula is C16H12N3NaO5. The summed E-state index contributed by atoms with van der Waals surface area (Å²) in [5.74, 6) is -0.848. The van der Waals surface area contributed by atoms with Crippen LogP contribution in [0.4, 0.5) is 0 Å². The zero-order valence-electron chi connectivity index (χ0n) is 13.5. The maximum atomic E-state index is 12.2. The number of carbonyl (C=O) groups is 2. The van der Waals surface area contributed by atoms with Gasteiger partial charge in [-0.05, 0) is 12.5 Å². The SMILES string of the molecule is O=C([O-])C1=CCC2/C(=C\c3cc4oc5c(n4n3)CCOC5)C(=O)N12.[Na+]. The number of ether oxygens (including phenoxy) is 1. The van der Waals surface area contributed by atoms with Crippen molar-refractivity contribution < 1.29 is 53.4 Å². The second-order valence-electron chi connectivity index (χ2n) is 6.00. The summed E-state index contributed by atoms with van der Waals surface area (Å²) in [6.07, 6.45) is 4.43. The molecule has 1 atom stereocenters. The van der Waals surface area contributed by atoms with Crippen LogP contribution in [-0.2, 0) is 27.4 Å². The largest absolute Gasteiger partial charge is 1.00 e. The minimum Gasteiger partial charge on any atom is -0.543 e. The summed E-state index contributed by atoms with van der Waals surface area (Å²) in [6, 6.07) is 1.53. The number of hydrogen-bond donors (Lipinski definition) is 0. The predicted molar refractivity (Wildman–Crippen MR) is 77.1 cm³/mol. The number of carboxylic acids is 1. The van der Waals surface area contributed by atoms with E-state index in [0.717, 1.165) is 17.9 Å². The van der Waals surface area contributed by atoms with E-state index in [2.05, 4.69) is 5.10 Å². The Labute approximate surface area is 164 Å². The molecule has 0 aromatic carbocycles. The van der Waals surface area contributed by atoms with E-state index in [1.807, 2.05) is 0 Å². The molecule has 0 N–H and O–H groups in total. The number of aromatic nitrogens is 2. The Morgan fingerprint density at radius 3 is 3.08 bits per heavy atom. The minimum atomic E-state index is -1.32. The molecule has 5 rings (SSSR count). The van der Waals surface area contributed by atoms with Crippen LogP contribution >= 0.6 is 0 Å². The van der Waals surface area contributed by atoms with Crippen molar-refractivity contribution in [2.24, 2.45) is 0 Å². The number of hydrogen-bond acceptors (Lipinski definition) is 6. The first kappa shape index (κ1) is 16.6. The average Bonchev–Trinajstić information content (AvgIpc) is 3.22. The van der Waals surface area contributed by atoms with Crippen LogP contribution in [0.15, 0.2) is 27.8 Å². The molecule has 3 aliphatic heterocycles. The summed E-state index contributed by atoms with van der Waals surface area (Å²) >= 11 is 0. The first-order valence-corrected chi connectivity index (χ1v) is 7.68. The Morgan fingerprint density at radius 2 is 2.28 bits per heavy atom. The molecule has 0 spiro atoms. The zero-order valence-corrected chi connectivity index (χ0v) is 15.5. The van der Waals surface area contributed by atoms with Crippen molar-refractivity contribution in [2.75, 3.05) is 6.61 Å². The van der Waals surface area contributed by atoms with E-state index in [9.17, 15) is 14.7 Å². The molecule has 3 aliphatic rings. The van der Waals surface area contributed by atoms with E-state index in [4.69, 9.17) is 9.15 Å². The topological polar surface area (TPSA) is 100 Å². The van der Waals surface area contributed by atoms with Gasteiger partial charge in [0, 0.05) is 18.1 Å². The first-order valence-electron chi connectivity index (χ1n) is 7.68. The third-order valence-electron chi connectivity index (χ3n) is 4.66. The third-order valence-corrected chi connectivity index (χ3v) is 4.66. The number of β-lactam (4-membered cyclic amide) rings is 1. The molecule has 5 heterocycles.